The van der Waals surface area contributed by atoms with E-state index >= 15 is 0 Å². The number of hydrogen-bond acceptors (Lipinski definition) is 7. The lowest BCUT2D eigenvalue weighted by molar-refractivity contribution is -0.384. The third kappa shape index (κ3) is 5.60. The Balaban J connectivity index is 1.54. The van der Waals surface area contributed by atoms with Crippen molar-refractivity contribution in [3.63, 3.8) is 0 Å². The minimum atomic E-state index is -0.459. The maximum atomic E-state index is 12.9. The normalized spacial score (nSPS) is 14.5. The molecule has 4 rings (SSSR count). The Morgan fingerprint density at radius 2 is 1.80 bits per heavy atom. The van der Waals surface area contributed by atoms with Gasteiger partial charge >= 0.3 is 0 Å². The molecule has 0 N–H and O–H groups in total. The molecule has 178 valence electrons. The van der Waals surface area contributed by atoms with Gasteiger partial charge < -0.3 is 9.47 Å². The summed E-state index contributed by atoms with van der Waals surface area (Å²) in [7, 11) is 1.50. The highest BCUT2D eigenvalue weighted by molar-refractivity contribution is 14.1. The van der Waals surface area contributed by atoms with E-state index < -0.39 is 16.1 Å². The van der Waals surface area contributed by atoms with E-state index in [0.29, 0.717) is 27.8 Å². The van der Waals surface area contributed by atoms with Crippen LogP contribution in [-0.2, 0) is 11.4 Å². The first-order valence-corrected chi connectivity index (χ1v) is 12.3. The van der Waals surface area contributed by atoms with Gasteiger partial charge in [-0.1, -0.05) is 11.6 Å². The molecule has 0 spiro atoms. The van der Waals surface area contributed by atoms with Crippen LogP contribution < -0.4 is 14.4 Å². The average molecular weight is 623 g/mol. The van der Waals surface area contributed by atoms with Gasteiger partial charge in [-0.05, 0) is 100 Å². The molecule has 0 saturated carbocycles. The summed E-state index contributed by atoms with van der Waals surface area (Å²) in [6, 6.07) is 16.1. The van der Waals surface area contributed by atoms with Crippen LogP contribution in [0.2, 0.25) is 5.02 Å². The van der Waals surface area contributed by atoms with Crippen molar-refractivity contribution in [3.8, 4) is 11.5 Å². The maximum absolute atomic E-state index is 12.9. The zero-order valence-electron chi connectivity index (χ0n) is 18.1. The van der Waals surface area contributed by atoms with E-state index in [1.807, 2.05) is 6.07 Å². The van der Waals surface area contributed by atoms with Crippen LogP contribution in [0.4, 0.5) is 16.2 Å². The van der Waals surface area contributed by atoms with Crippen LogP contribution in [-0.4, -0.2) is 23.2 Å². The van der Waals surface area contributed by atoms with Crippen molar-refractivity contribution in [3.05, 3.63) is 95.4 Å². The van der Waals surface area contributed by atoms with Crippen LogP contribution in [0.3, 0.4) is 0 Å². The highest BCUT2D eigenvalue weighted by atomic mass is 127. The second-order valence-corrected chi connectivity index (χ2v) is 9.83. The number of carbonyl (C=O) groups excluding carboxylic acids is 2. The van der Waals surface area contributed by atoms with Gasteiger partial charge in [-0.2, -0.15) is 0 Å². The van der Waals surface area contributed by atoms with Crippen LogP contribution in [0.25, 0.3) is 6.08 Å². The predicted octanol–water partition coefficient (Wildman–Crippen LogP) is 6.68. The molecule has 0 radical (unpaired) electrons. The Bertz CT molecular complexity index is 1350. The lowest BCUT2D eigenvalue weighted by Crippen LogP contribution is -2.27. The smallest absolute Gasteiger partial charge is 0.298 e. The number of nitrogens with zero attached hydrogens (tertiary/aromatic N) is 2. The van der Waals surface area contributed by atoms with Gasteiger partial charge in [-0.3, -0.25) is 19.7 Å². The van der Waals surface area contributed by atoms with Crippen LogP contribution in [0.1, 0.15) is 11.1 Å². The fourth-order valence-electron chi connectivity index (χ4n) is 3.26. The number of nitro benzene ring substituents is 1. The van der Waals surface area contributed by atoms with E-state index in [1.54, 1.807) is 48.5 Å². The molecule has 1 aliphatic heterocycles. The van der Waals surface area contributed by atoms with Gasteiger partial charge in [-0.15, -0.1) is 0 Å². The third-order valence-electron chi connectivity index (χ3n) is 4.96. The molecule has 0 unspecified atom stereocenters. The maximum Gasteiger partial charge on any atom is 0.298 e. The van der Waals surface area contributed by atoms with Crippen molar-refractivity contribution < 1.29 is 24.0 Å². The van der Waals surface area contributed by atoms with E-state index in [9.17, 15) is 19.7 Å². The van der Waals surface area contributed by atoms with Crippen molar-refractivity contribution in [2.24, 2.45) is 0 Å². The van der Waals surface area contributed by atoms with E-state index in [4.69, 9.17) is 21.1 Å². The highest BCUT2D eigenvalue weighted by Gasteiger charge is 2.36. The van der Waals surface area contributed by atoms with Gasteiger partial charge in [0.15, 0.2) is 11.5 Å². The summed E-state index contributed by atoms with van der Waals surface area (Å²) >= 11 is 8.86. The molecule has 1 heterocycles. The highest BCUT2D eigenvalue weighted by Crippen LogP contribution is 2.39. The van der Waals surface area contributed by atoms with E-state index in [-0.39, 0.29) is 17.2 Å². The largest absolute Gasteiger partial charge is 0.493 e. The second-order valence-electron chi connectivity index (χ2n) is 7.24. The van der Waals surface area contributed by atoms with E-state index in [0.717, 1.165) is 25.8 Å². The van der Waals surface area contributed by atoms with Crippen LogP contribution in [0, 0.1) is 13.7 Å². The summed E-state index contributed by atoms with van der Waals surface area (Å²) in [5.41, 5.74) is 1.87. The molecule has 3 aromatic rings. The second kappa shape index (κ2) is 10.7. The number of thioether (sulfide) groups is 1. The van der Waals surface area contributed by atoms with Gasteiger partial charge in [0.1, 0.15) is 6.61 Å². The minimum absolute atomic E-state index is 0.00532. The van der Waals surface area contributed by atoms with Gasteiger partial charge in [0.25, 0.3) is 16.8 Å². The summed E-state index contributed by atoms with van der Waals surface area (Å²) in [5.74, 6) is 0.523. The minimum Gasteiger partial charge on any atom is -0.493 e. The molecule has 2 amide bonds. The van der Waals surface area contributed by atoms with Crippen molar-refractivity contribution >= 4 is 74.6 Å². The molecule has 11 heteroatoms. The number of non-ortho nitro benzene ring substituents is 1. The molecular weight excluding hydrogens is 607 g/mol. The summed E-state index contributed by atoms with van der Waals surface area (Å²) in [6.07, 6.45) is 1.63. The number of ether oxygens (including phenoxy) is 2. The Labute approximate surface area is 223 Å². The van der Waals surface area contributed by atoms with E-state index in [2.05, 4.69) is 22.6 Å². The summed E-state index contributed by atoms with van der Waals surface area (Å²) < 4.78 is 12.1. The van der Waals surface area contributed by atoms with Crippen LogP contribution in [0.5, 0.6) is 11.5 Å². The van der Waals surface area contributed by atoms with Gasteiger partial charge in [0.05, 0.1) is 26.2 Å². The molecule has 1 saturated heterocycles. The molecule has 8 nitrogen and oxygen atoms in total. The molecule has 0 aromatic heterocycles. The number of hydrogen-bond donors (Lipinski definition) is 0. The van der Waals surface area contributed by atoms with Crippen LogP contribution >= 0.6 is 46.0 Å². The number of anilines is 1. The third-order valence-corrected chi connectivity index (χ3v) is 6.88. The van der Waals surface area contributed by atoms with E-state index in [1.165, 1.54) is 19.2 Å². The Hall–Kier alpha value is -3.09. The first-order chi connectivity index (χ1) is 16.8. The number of rotatable bonds is 7. The number of nitro groups is 1. The Morgan fingerprint density at radius 1 is 1.11 bits per heavy atom. The van der Waals surface area contributed by atoms with Crippen molar-refractivity contribution in [2.45, 2.75) is 6.61 Å². The first-order valence-electron chi connectivity index (χ1n) is 10.0. The molecule has 35 heavy (non-hydrogen) atoms. The zero-order chi connectivity index (χ0) is 25.1. The Morgan fingerprint density at radius 3 is 2.43 bits per heavy atom. The molecule has 1 aliphatic rings. The molecular formula is C24H16ClIN2O6S. The topological polar surface area (TPSA) is 99.0 Å². The Kier molecular flexibility index (Phi) is 7.63. The molecule has 3 aromatic carbocycles. The molecule has 0 aliphatic carbocycles. The van der Waals surface area contributed by atoms with Crippen molar-refractivity contribution in [2.75, 3.05) is 12.0 Å². The first kappa shape index (κ1) is 25.0. The number of halogens is 2. The van der Waals surface area contributed by atoms with Gasteiger partial charge in [-0.25, -0.2) is 4.90 Å². The average Bonchev–Trinajstić information content (AvgIpc) is 3.11. The standard InChI is InChI=1S/C24H16ClIN2O6S/c1-33-20-11-15(10-19(26)22(20)34-13-14-2-6-18(7-3-14)28(31)32)12-21-23(29)27(24(30)35-21)17-8-4-16(25)5-9-17/h2-12H,13H2,1H3/b21-12+. The summed E-state index contributed by atoms with van der Waals surface area (Å²) in [4.78, 5) is 37.2. The molecule has 0 atom stereocenters. The zero-order valence-corrected chi connectivity index (χ0v) is 21.8. The SMILES string of the molecule is COc1cc(/C=C2/SC(=O)N(c3ccc(Cl)cc3)C2=O)cc(I)c1OCc1ccc([N+](=O)[O-])cc1. The monoisotopic (exact) mass is 622 g/mol. The lowest BCUT2D eigenvalue weighted by Gasteiger charge is -2.14. The summed E-state index contributed by atoms with van der Waals surface area (Å²) in [5, 5.41) is 10.9. The summed E-state index contributed by atoms with van der Waals surface area (Å²) in [6.45, 7) is 0.184. The fourth-order valence-corrected chi connectivity index (χ4v) is 5.01. The number of carbonyl (C=O) groups is 2. The predicted molar refractivity (Wildman–Crippen MR) is 143 cm³/mol. The van der Waals surface area contributed by atoms with Gasteiger partial charge in [0, 0.05) is 17.2 Å². The number of amides is 2. The number of methoxy groups -OCH3 is 1. The van der Waals surface area contributed by atoms with Crippen LogP contribution in [0.15, 0.2) is 65.6 Å². The fraction of sp³-hybridized carbons (Fsp3) is 0.0833. The number of imide groups is 1. The van der Waals surface area contributed by atoms with Crippen molar-refractivity contribution in [1.82, 2.24) is 0 Å². The quantitative estimate of drug-likeness (QED) is 0.125. The molecule has 0 bridgehead atoms. The number of benzene rings is 3. The lowest BCUT2D eigenvalue weighted by atomic mass is 10.1. The van der Waals surface area contributed by atoms with Gasteiger partial charge in [0.2, 0.25) is 0 Å². The van der Waals surface area contributed by atoms with Crippen molar-refractivity contribution in [1.29, 1.82) is 0 Å². The molecule has 1 fully saturated rings.